The van der Waals surface area contributed by atoms with E-state index in [0.717, 1.165) is 5.56 Å². The van der Waals surface area contributed by atoms with E-state index in [0.29, 0.717) is 17.1 Å². The van der Waals surface area contributed by atoms with Crippen molar-refractivity contribution in [1.82, 2.24) is 0 Å². The minimum Gasteiger partial charge on any atom is -0.495 e. The van der Waals surface area contributed by atoms with Crippen LogP contribution in [0, 0.1) is 6.92 Å². The van der Waals surface area contributed by atoms with Crippen molar-refractivity contribution < 1.29 is 4.74 Å². The molecule has 4 heteroatoms. The highest BCUT2D eigenvalue weighted by molar-refractivity contribution is 5.85. The van der Waals surface area contributed by atoms with Gasteiger partial charge in [-0.2, -0.15) is 0 Å². The molecular formula is C8H13ClN2O. The number of halogens is 1. The third-order valence-corrected chi connectivity index (χ3v) is 1.62. The van der Waals surface area contributed by atoms with Crippen molar-refractivity contribution >= 4 is 23.8 Å². The molecule has 68 valence electrons. The normalized spacial score (nSPS) is 8.83. The van der Waals surface area contributed by atoms with Crippen molar-refractivity contribution in [3.8, 4) is 5.75 Å². The molecule has 0 spiro atoms. The van der Waals surface area contributed by atoms with Crippen molar-refractivity contribution in [3.05, 3.63) is 17.7 Å². The lowest BCUT2D eigenvalue weighted by Crippen LogP contribution is -1.96. The molecule has 0 aliphatic rings. The molecule has 0 aromatic heterocycles. The summed E-state index contributed by atoms with van der Waals surface area (Å²) in [5, 5.41) is 0. The molecule has 0 saturated heterocycles. The van der Waals surface area contributed by atoms with E-state index in [1.807, 2.05) is 6.92 Å². The average Bonchev–Trinajstić information content (AvgIpc) is 1.97. The molecular weight excluding hydrogens is 176 g/mol. The van der Waals surface area contributed by atoms with Crippen LogP contribution in [0.2, 0.25) is 0 Å². The van der Waals surface area contributed by atoms with E-state index in [1.54, 1.807) is 19.2 Å². The van der Waals surface area contributed by atoms with Crippen molar-refractivity contribution in [1.29, 1.82) is 0 Å². The summed E-state index contributed by atoms with van der Waals surface area (Å²) in [6.45, 7) is 1.91. The third kappa shape index (κ3) is 1.95. The molecule has 0 unspecified atom stereocenters. The summed E-state index contributed by atoms with van der Waals surface area (Å²) in [6, 6.07) is 3.53. The van der Waals surface area contributed by atoms with Crippen LogP contribution in [0.1, 0.15) is 5.56 Å². The molecule has 12 heavy (non-hydrogen) atoms. The first-order chi connectivity index (χ1) is 5.15. The number of hydrogen-bond acceptors (Lipinski definition) is 3. The second-order valence-electron chi connectivity index (χ2n) is 2.45. The van der Waals surface area contributed by atoms with Crippen LogP contribution in [-0.2, 0) is 0 Å². The number of aryl methyl sites for hydroxylation is 1. The summed E-state index contributed by atoms with van der Waals surface area (Å²) in [5.41, 5.74) is 13.6. The lowest BCUT2D eigenvalue weighted by Gasteiger charge is -2.06. The molecule has 0 aliphatic heterocycles. The molecule has 0 heterocycles. The summed E-state index contributed by atoms with van der Waals surface area (Å²) in [7, 11) is 1.57. The molecule has 1 aromatic carbocycles. The highest BCUT2D eigenvalue weighted by Crippen LogP contribution is 2.26. The predicted molar refractivity (Wildman–Crippen MR) is 53.8 cm³/mol. The molecule has 0 fully saturated rings. The molecule has 1 aromatic rings. The van der Waals surface area contributed by atoms with E-state index >= 15 is 0 Å². The number of anilines is 2. The smallest absolute Gasteiger partial charge is 0.143 e. The van der Waals surface area contributed by atoms with Gasteiger partial charge in [-0.25, -0.2) is 0 Å². The maximum Gasteiger partial charge on any atom is 0.143 e. The Morgan fingerprint density at radius 2 is 1.75 bits per heavy atom. The van der Waals surface area contributed by atoms with Gasteiger partial charge in [-0.05, 0) is 18.6 Å². The van der Waals surface area contributed by atoms with Gasteiger partial charge in [0.1, 0.15) is 5.75 Å². The average molecular weight is 189 g/mol. The molecule has 0 aliphatic carbocycles. The summed E-state index contributed by atoms with van der Waals surface area (Å²) in [4.78, 5) is 0. The monoisotopic (exact) mass is 188 g/mol. The summed E-state index contributed by atoms with van der Waals surface area (Å²) in [6.07, 6.45) is 0. The predicted octanol–water partition coefficient (Wildman–Crippen LogP) is 1.59. The second kappa shape index (κ2) is 4.07. The van der Waals surface area contributed by atoms with E-state index < -0.39 is 0 Å². The van der Waals surface area contributed by atoms with Crippen LogP contribution in [0.15, 0.2) is 12.1 Å². The quantitative estimate of drug-likeness (QED) is 0.658. The number of hydrogen-bond donors (Lipinski definition) is 2. The number of ether oxygens (including phenoxy) is 1. The summed E-state index contributed by atoms with van der Waals surface area (Å²) < 4.78 is 4.98. The first kappa shape index (κ1) is 10.9. The highest BCUT2D eigenvalue weighted by Gasteiger charge is 2.01. The Kier molecular flexibility index (Phi) is 3.70. The van der Waals surface area contributed by atoms with Gasteiger partial charge in [-0.15, -0.1) is 12.4 Å². The molecule has 1 rings (SSSR count). The van der Waals surface area contributed by atoms with E-state index in [1.165, 1.54) is 0 Å². The maximum atomic E-state index is 5.63. The Balaban J connectivity index is 0.00000121. The van der Waals surface area contributed by atoms with Gasteiger partial charge in [-0.3, -0.25) is 0 Å². The van der Waals surface area contributed by atoms with Crippen LogP contribution in [0.25, 0.3) is 0 Å². The van der Waals surface area contributed by atoms with Crippen molar-refractivity contribution in [2.24, 2.45) is 0 Å². The molecule has 0 amide bonds. The third-order valence-electron chi connectivity index (χ3n) is 1.62. The SMILES string of the molecule is COc1cc(N)c(C)cc1N.Cl. The standard InChI is InChI=1S/C8H12N2O.ClH/c1-5-3-7(10)8(11-2)4-6(5)9;/h3-4H,9-10H2,1-2H3;1H. The van der Waals surface area contributed by atoms with Crippen molar-refractivity contribution in [2.75, 3.05) is 18.6 Å². The van der Waals surface area contributed by atoms with Gasteiger partial charge in [0, 0.05) is 11.8 Å². The Labute approximate surface area is 78.1 Å². The number of benzene rings is 1. The molecule has 3 nitrogen and oxygen atoms in total. The first-order valence-corrected chi connectivity index (χ1v) is 3.34. The lowest BCUT2D eigenvalue weighted by molar-refractivity contribution is 0.417. The number of nitrogens with two attached hydrogens (primary N) is 2. The van der Waals surface area contributed by atoms with Crippen LogP contribution in [-0.4, -0.2) is 7.11 Å². The second-order valence-corrected chi connectivity index (χ2v) is 2.45. The van der Waals surface area contributed by atoms with Crippen molar-refractivity contribution in [2.45, 2.75) is 6.92 Å². The zero-order valence-electron chi connectivity index (χ0n) is 7.13. The van der Waals surface area contributed by atoms with E-state index in [2.05, 4.69) is 0 Å². The Morgan fingerprint density at radius 3 is 2.25 bits per heavy atom. The zero-order valence-corrected chi connectivity index (χ0v) is 7.94. The van der Waals surface area contributed by atoms with Crippen LogP contribution in [0.3, 0.4) is 0 Å². The summed E-state index contributed by atoms with van der Waals surface area (Å²) in [5.74, 6) is 0.633. The molecule has 0 bridgehead atoms. The van der Waals surface area contributed by atoms with Gasteiger partial charge in [0.25, 0.3) is 0 Å². The van der Waals surface area contributed by atoms with Crippen LogP contribution in [0.5, 0.6) is 5.75 Å². The molecule has 0 saturated carbocycles. The topological polar surface area (TPSA) is 61.3 Å². The van der Waals surface area contributed by atoms with E-state index in [-0.39, 0.29) is 12.4 Å². The molecule has 0 radical (unpaired) electrons. The summed E-state index contributed by atoms with van der Waals surface area (Å²) >= 11 is 0. The van der Waals surface area contributed by atoms with Gasteiger partial charge in [-0.1, -0.05) is 0 Å². The Bertz CT molecular complexity index is 276. The fraction of sp³-hybridized carbons (Fsp3) is 0.250. The minimum absolute atomic E-state index is 0. The minimum atomic E-state index is 0. The Morgan fingerprint density at radius 1 is 1.17 bits per heavy atom. The highest BCUT2D eigenvalue weighted by atomic mass is 35.5. The maximum absolute atomic E-state index is 5.63. The van der Waals surface area contributed by atoms with Crippen LogP contribution >= 0.6 is 12.4 Å². The molecule has 0 atom stereocenters. The van der Waals surface area contributed by atoms with Crippen LogP contribution in [0.4, 0.5) is 11.4 Å². The van der Waals surface area contributed by atoms with E-state index in [9.17, 15) is 0 Å². The zero-order chi connectivity index (χ0) is 8.43. The number of methoxy groups -OCH3 is 1. The number of rotatable bonds is 1. The van der Waals surface area contributed by atoms with E-state index in [4.69, 9.17) is 16.2 Å². The lowest BCUT2D eigenvalue weighted by atomic mass is 10.2. The molecule has 4 N–H and O–H groups in total. The number of nitrogen functional groups attached to an aromatic ring is 2. The van der Waals surface area contributed by atoms with Gasteiger partial charge < -0.3 is 16.2 Å². The fourth-order valence-corrected chi connectivity index (χ4v) is 0.903. The van der Waals surface area contributed by atoms with Gasteiger partial charge in [0.05, 0.1) is 12.8 Å². The van der Waals surface area contributed by atoms with Gasteiger partial charge >= 0.3 is 0 Å². The largest absolute Gasteiger partial charge is 0.495 e. The fourth-order valence-electron chi connectivity index (χ4n) is 0.903. The van der Waals surface area contributed by atoms with Gasteiger partial charge in [0.15, 0.2) is 0 Å². The van der Waals surface area contributed by atoms with Crippen LogP contribution < -0.4 is 16.2 Å². The van der Waals surface area contributed by atoms with Gasteiger partial charge in [0.2, 0.25) is 0 Å². The Hall–Kier alpha value is -1.09. The first-order valence-electron chi connectivity index (χ1n) is 3.34. The van der Waals surface area contributed by atoms with Crippen molar-refractivity contribution in [3.63, 3.8) is 0 Å².